The van der Waals surface area contributed by atoms with E-state index in [9.17, 15) is 0 Å². The molecule has 0 bridgehead atoms. The van der Waals surface area contributed by atoms with E-state index in [-0.39, 0.29) is 0 Å². The molecule has 14 rings (SSSR count). The zero-order chi connectivity index (χ0) is 47.5. The van der Waals surface area contributed by atoms with Crippen LogP contribution in [0.2, 0.25) is 0 Å². The molecular formula is C68H44N4. The molecule has 4 nitrogen and oxygen atoms in total. The van der Waals surface area contributed by atoms with Crippen molar-refractivity contribution in [1.82, 2.24) is 19.1 Å². The molecule has 0 radical (unpaired) electrons. The highest BCUT2D eigenvalue weighted by Crippen LogP contribution is 2.41. The van der Waals surface area contributed by atoms with Crippen LogP contribution in [-0.4, -0.2) is 19.1 Å². The van der Waals surface area contributed by atoms with Crippen LogP contribution in [0.4, 0.5) is 0 Å². The van der Waals surface area contributed by atoms with Gasteiger partial charge in [-0.2, -0.15) is 0 Å². The Morgan fingerprint density at radius 3 is 1.22 bits per heavy atom. The summed E-state index contributed by atoms with van der Waals surface area (Å²) in [6.45, 7) is 0. The SMILES string of the molecule is c1ccc(-c2cc(-c3cccc(-c4cc(-c5ccc6c(c5)c5ccccc5n6-c5ccccc5)nc5ccc(-c6ccc7c(c6)c6ccccc6n7-c6ccccc6)cc45)c3)cc(-c3ccccc3)n2)cc1. The van der Waals surface area contributed by atoms with E-state index >= 15 is 0 Å². The van der Waals surface area contributed by atoms with Crippen LogP contribution in [0.5, 0.6) is 0 Å². The summed E-state index contributed by atoms with van der Waals surface area (Å²) in [5.74, 6) is 0. The number of nitrogens with zero attached hydrogens (tertiary/aromatic N) is 4. The van der Waals surface area contributed by atoms with Gasteiger partial charge in [0.25, 0.3) is 0 Å². The minimum absolute atomic E-state index is 0.922. The summed E-state index contributed by atoms with van der Waals surface area (Å²) in [7, 11) is 0. The molecule has 0 saturated carbocycles. The first kappa shape index (κ1) is 41.3. The molecule has 0 aliphatic heterocycles. The molecule has 0 amide bonds. The van der Waals surface area contributed by atoms with Crippen LogP contribution in [0, 0.1) is 0 Å². The van der Waals surface area contributed by atoms with E-state index in [4.69, 9.17) is 9.97 Å². The molecule has 4 heterocycles. The first-order valence-electron chi connectivity index (χ1n) is 24.6. The molecule has 0 fully saturated rings. The van der Waals surface area contributed by atoms with Crippen molar-refractivity contribution in [2.24, 2.45) is 0 Å². The maximum Gasteiger partial charge on any atom is 0.0716 e. The molecule has 0 atom stereocenters. The third-order valence-electron chi connectivity index (χ3n) is 14.3. The van der Waals surface area contributed by atoms with Crippen LogP contribution in [0.1, 0.15) is 0 Å². The Morgan fingerprint density at radius 2 is 0.639 bits per heavy atom. The fourth-order valence-corrected chi connectivity index (χ4v) is 10.9. The summed E-state index contributed by atoms with van der Waals surface area (Å²) in [4.78, 5) is 10.7. The number of aromatic nitrogens is 4. The molecular weight excluding hydrogens is 873 g/mol. The van der Waals surface area contributed by atoms with Crippen molar-refractivity contribution in [3.63, 3.8) is 0 Å². The molecule has 4 aromatic heterocycles. The van der Waals surface area contributed by atoms with Gasteiger partial charge in [-0.05, 0) is 130 Å². The molecule has 0 N–H and O–H groups in total. The summed E-state index contributed by atoms with van der Waals surface area (Å²) in [6, 6.07) is 95.9. The van der Waals surface area contributed by atoms with Gasteiger partial charge in [0, 0.05) is 55.0 Å². The number of para-hydroxylation sites is 4. The second kappa shape index (κ2) is 17.1. The van der Waals surface area contributed by atoms with Crippen LogP contribution in [0.3, 0.4) is 0 Å². The quantitative estimate of drug-likeness (QED) is 0.152. The van der Waals surface area contributed by atoms with Gasteiger partial charge in [0.05, 0.1) is 44.7 Å². The molecule has 4 heteroatoms. The van der Waals surface area contributed by atoms with Crippen LogP contribution < -0.4 is 0 Å². The maximum atomic E-state index is 5.50. The van der Waals surface area contributed by atoms with Crippen LogP contribution >= 0.6 is 0 Å². The monoisotopic (exact) mass is 916 g/mol. The van der Waals surface area contributed by atoms with E-state index in [1.807, 2.05) is 0 Å². The van der Waals surface area contributed by atoms with Crippen molar-refractivity contribution in [2.75, 3.05) is 0 Å². The molecule has 336 valence electrons. The van der Waals surface area contributed by atoms with Gasteiger partial charge in [-0.3, -0.25) is 0 Å². The molecule has 14 aromatic rings. The van der Waals surface area contributed by atoms with Crippen molar-refractivity contribution in [1.29, 1.82) is 0 Å². The fourth-order valence-electron chi connectivity index (χ4n) is 10.9. The highest BCUT2D eigenvalue weighted by molar-refractivity contribution is 6.12. The Labute approximate surface area is 417 Å². The summed E-state index contributed by atoms with van der Waals surface area (Å²) in [5, 5.41) is 5.94. The molecule has 0 spiro atoms. The lowest BCUT2D eigenvalue weighted by Crippen LogP contribution is -1.94. The zero-order valence-corrected chi connectivity index (χ0v) is 39.2. The predicted octanol–water partition coefficient (Wildman–Crippen LogP) is 17.8. The van der Waals surface area contributed by atoms with Crippen molar-refractivity contribution in [3.8, 4) is 78.5 Å². The molecule has 0 aliphatic carbocycles. The van der Waals surface area contributed by atoms with Gasteiger partial charge in [-0.25, -0.2) is 9.97 Å². The highest BCUT2D eigenvalue weighted by atomic mass is 15.0. The second-order valence-corrected chi connectivity index (χ2v) is 18.6. The van der Waals surface area contributed by atoms with E-state index in [0.29, 0.717) is 0 Å². The summed E-state index contributed by atoms with van der Waals surface area (Å²) >= 11 is 0. The first-order chi connectivity index (χ1) is 35.7. The Kier molecular flexibility index (Phi) is 9.82. The van der Waals surface area contributed by atoms with Gasteiger partial charge in [0.1, 0.15) is 0 Å². The second-order valence-electron chi connectivity index (χ2n) is 18.6. The summed E-state index contributed by atoms with van der Waals surface area (Å²) in [5.41, 5.74) is 20.7. The smallest absolute Gasteiger partial charge is 0.0716 e. The molecule has 72 heavy (non-hydrogen) atoms. The largest absolute Gasteiger partial charge is 0.309 e. The Balaban J connectivity index is 0.962. The van der Waals surface area contributed by atoms with E-state index < -0.39 is 0 Å². The predicted molar refractivity (Wildman–Crippen MR) is 301 cm³/mol. The number of benzene rings is 10. The average molecular weight is 917 g/mol. The van der Waals surface area contributed by atoms with Crippen molar-refractivity contribution < 1.29 is 0 Å². The summed E-state index contributed by atoms with van der Waals surface area (Å²) in [6.07, 6.45) is 0. The van der Waals surface area contributed by atoms with Crippen LogP contribution in [0.15, 0.2) is 267 Å². The van der Waals surface area contributed by atoms with Gasteiger partial charge in [0.15, 0.2) is 0 Å². The van der Waals surface area contributed by atoms with Gasteiger partial charge in [-0.15, -0.1) is 0 Å². The normalized spacial score (nSPS) is 11.6. The van der Waals surface area contributed by atoms with Gasteiger partial charge >= 0.3 is 0 Å². The third-order valence-corrected chi connectivity index (χ3v) is 14.3. The lowest BCUT2D eigenvalue weighted by molar-refractivity contribution is 1.18. The first-order valence-corrected chi connectivity index (χ1v) is 24.6. The van der Waals surface area contributed by atoms with Crippen LogP contribution in [0.25, 0.3) is 133 Å². The lowest BCUT2D eigenvalue weighted by atomic mass is 9.92. The number of pyridine rings is 2. The molecule has 10 aromatic carbocycles. The minimum atomic E-state index is 0.922. The lowest BCUT2D eigenvalue weighted by Gasteiger charge is -2.15. The number of fused-ring (bicyclic) bond motifs is 7. The van der Waals surface area contributed by atoms with Gasteiger partial charge < -0.3 is 9.13 Å². The molecule has 0 unspecified atom stereocenters. The maximum absolute atomic E-state index is 5.50. The Bertz CT molecular complexity index is 4300. The van der Waals surface area contributed by atoms with E-state index in [0.717, 1.165) is 94.9 Å². The van der Waals surface area contributed by atoms with E-state index in [1.165, 1.54) is 38.1 Å². The van der Waals surface area contributed by atoms with Crippen molar-refractivity contribution in [2.45, 2.75) is 0 Å². The topological polar surface area (TPSA) is 35.6 Å². The number of rotatable bonds is 8. The van der Waals surface area contributed by atoms with Crippen LogP contribution in [-0.2, 0) is 0 Å². The molecule has 0 saturated heterocycles. The number of hydrogen-bond acceptors (Lipinski definition) is 2. The zero-order valence-electron chi connectivity index (χ0n) is 39.2. The minimum Gasteiger partial charge on any atom is -0.309 e. The summed E-state index contributed by atoms with van der Waals surface area (Å²) < 4.78 is 4.74. The van der Waals surface area contributed by atoms with Gasteiger partial charge in [-0.1, -0.05) is 170 Å². The van der Waals surface area contributed by atoms with Gasteiger partial charge in [0.2, 0.25) is 0 Å². The number of hydrogen-bond donors (Lipinski definition) is 0. The Morgan fingerprint density at radius 1 is 0.222 bits per heavy atom. The van der Waals surface area contributed by atoms with Crippen molar-refractivity contribution in [3.05, 3.63) is 267 Å². The standard InChI is InChI=1S/C68H44N4/c1-5-18-45(19-6-1)62-42-52(43-63(70-62)46-20-7-2-8-21-46)47-22-17-23-50(38-47)57-44-64(51-34-37-68-60(41-51)56-29-14-16-31-66(56)72(68)54-26-11-4-12-27-54)69-61-35-32-48(39-58(57)61)49-33-36-67-59(40-49)55-28-13-15-30-65(55)71(67)53-24-9-3-10-25-53/h1-44H. The highest BCUT2D eigenvalue weighted by Gasteiger charge is 2.19. The van der Waals surface area contributed by atoms with E-state index in [1.54, 1.807) is 0 Å². The molecule has 0 aliphatic rings. The van der Waals surface area contributed by atoms with E-state index in [2.05, 4.69) is 276 Å². The van der Waals surface area contributed by atoms with Crippen molar-refractivity contribution >= 4 is 54.5 Å². The average Bonchev–Trinajstić information content (AvgIpc) is 3.98. The third kappa shape index (κ3) is 7.08. The fraction of sp³-hybridized carbons (Fsp3) is 0. The Hall–Kier alpha value is -9.64.